The van der Waals surface area contributed by atoms with E-state index in [2.05, 4.69) is 44.7 Å². The number of anilines is 3. The van der Waals surface area contributed by atoms with E-state index in [1.165, 1.54) is 18.3 Å². The molecule has 1 atom stereocenters. The highest BCUT2D eigenvalue weighted by Crippen LogP contribution is 2.26. The molecule has 0 radical (unpaired) electrons. The summed E-state index contributed by atoms with van der Waals surface area (Å²) in [4.78, 5) is 6.65. The maximum Gasteiger partial charge on any atom is 0.284 e. The summed E-state index contributed by atoms with van der Waals surface area (Å²) in [7, 11) is -4.06. The fourth-order valence-corrected chi connectivity index (χ4v) is 5.52. The van der Waals surface area contributed by atoms with Crippen LogP contribution in [0, 0.1) is 11.3 Å². The van der Waals surface area contributed by atoms with E-state index in [4.69, 9.17) is 0 Å². The highest BCUT2D eigenvalue weighted by atomic mass is 32.2. The predicted octanol–water partition coefficient (Wildman–Crippen LogP) is 3.08. The van der Waals surface area contributed by atoms with Crippen molar-refractivity contribution in [2.75, 3.05) is 29.9 Å². The van der Waals surface area contributed by atoms with Crippen LogP contribution in [0.4, 0.5) is 17.2 Å². The average Bonchev–Trinajstić information content (AvgIpc) is 3.29. The lowest BCUT2D eigenvalue weighted by Gasteiger charge is -2.33. The third kappa shape index (κ3) is 4.07. The second-order valence-electron chi connectivity index (χ2n) is 8.20. The van der Waals surface area contributed by atoms with Crippen LogP contribution < -0.4 is 15.5 Å². The molecule has 0 unspecified atom stereocenters. The molecule has 9 nitrogen and oxygen atoms in total. The molecule has 0 aliphatic carbocycles. The van der Waals surface area contributed by atoms with Crippen LogP contribution in [-0.2, 0) is 10.0 Å². The molecule has 172 valence electrons. The highest BCUT2D eigenvalue weighted by Gasteiger charge is 2.24. The topological polar surface area (TPSA) is 116 Å². The number of piperazine rings is 1. The number of hydrogen-bond acceptors (Lipinski definition) is 8. The van der Waals surface area contributed by atoms with E-state index in [9.17, 15) is 13.7 Å². The van der Waals surface area contributed by atoms with Crippen molar-refractivity contribution >= 4 is 38.1 Å². The summed E-state index contributed by atoms with van der Waals surface area (Å²) in [6, 6.07) is 18.2. The van der Waals surface area contributed by atoms with Gasteiger partial charge in [0.2, 0.25) is 0 Å². The van der Waals surface area contributed by atoms with Crippen LogP contribution in [0.3, 0.4) is 0 Å². The Morgan fingerprint density at radius 3 is 2.71 bits per heavy atom. The van der Waals surface area contributed by atoms with Gasteiger partial charge in [-0.05, 0) is 43.3 Å². The molecule has 34 heavy (non-hydrogen) atoms. The van der Waals surface area contributed by atoms with Crippen LogP contribution >= 0.6 is 0 Å². The minimum Gasteiger partial charge on any atom is -0.369 e. The van der Waals surface area contributed by atoms with Gasteiger partial charge in [-0.2, -0.15) is 22.9 Å². The molecule has 2 aromatic heterocycles. The van der Waals surface area contributed by atoms with E-state index >= 15 is 0 Å². The monoisotopic (exact) mass is 473 g/mol. The smallest absolute Gasteiger partial charge is 0.284 e. The number of hydrogen-bond donors (Lipinski definition) is 2. The molecule has 0 amide bonds. The minimum atomic E-state index is -4.06. The van der Waals surface area contributed by atoms with Crippen LogP contribution in [0.5, 0.6) is 0 Å². The number of fused-ring (bicyclic) bond motifs is 1. The zero-order valence-corrected chi connectivity index (χ0v) is 19.3. The molecule has 2 aromatic carbocycles. The first kappa shape index (κ1) is 21.9. The Labute approximate surface area is 197 Å². The van der Waals surface area contributed by atoms with Crippen LogP contribution in [0.2, 0.25) is 0 Å². The van der Waals surface area contributed by atoms with Crippen molar-refractivity contribution in [2.24, 2.45) is 0 Å². The molecule has 3 heterocycles. The Morgan fingerprint density at radius 2 is 1.94 bits per heavy atom. The van der Waals surface area contributed by atoms with Crippen LogP contribution in [0.1, 0.15) is 12.5 Å². The SMILES string of the molecule is C[C@@H]1CN(c2ccc(Nc3cc4c(cn3)cnn4S(=O)(=O)c3ccccc3C#N)cc2)CCN1. The number of aromatic nitrogens is 3. The summed E-state index contributed by atoms with van der Waals surface area (Å²) in [5.74, 6) is 0.488. The van der Waals surface area contributed by atoms with Crippen LogP contribution in [-0.4, -0.2) is 48.3 Å². The Morgan fingerprint density at radius 1 is 1.15 bits per heavy atom. The predicted molar refractivity (Wildman–Crippen MR) is 131 cm³/mol. The average molecular weight is 474 g/mol. The quantitative estimate of drug-likeness (QED) is 0.454. The molecule has 5 rings (SSSR count). The first-order valence-corrected chi connectivity index (χ1v) is 12.3. The molecule has 4 aromatic rings. The van der Waals surface area contributed by atoms with E-state index in [1.807, 2.05) is 18.2 Å². The second-order valence-corrected chi connectivity index (χ2v) is 9.94. The number of rotatable bonds is 5. The van der Waals surface area contributed by atoms with Crippen molar-refractivity contribution in [3.8, 4) is 6.07 Å². The van der Waals surface area contributed by atoms with Crippen molar-refractivity contribution in [3.63, 3.8) is 0 Å². The Kier molecular flexibility index (Phi) is 5.65. The molecule has 2 N–H and O–H groups in total. The Bertz CT molecular complexity index is 1490. The molecule has 1 saturated heterocycles. The Balaban J connectivity index is 1.43. The number of pyridine rings is 1. The molecule has 0 saturated carbocycles. The molecule has 0 bridgehead atoms. The zero-order valence-electron chi connectivity index (χ0n) is 18.5. The molecular weight excluding hydrogens is 450 g/mol. The van der Waals surface area contributed by atoms with Crippen LogP contribution in [0.15, 0.2) is 71.9 Å². The van der Waals surface area contributed by atoms with Gasteiger partial charge < -0.3 is 15.5 Å². The fourth-order valence-electron chi connectivity index (χ4n) is 4.10. The maximum atomic E-state index is 13.3. The normalized spacial score (nSPS) is 16.4. The van der Waals surface area contributed by atoms with Crippen LogP contribution in [0.25, 0.3) is 10.9 Å². The summed E-state index contributed by atoms with van der Waals surface area (Å²) < 4.78 is 27.5. The van der Waals surface area contributed by atoms with Crippen molar-refractivity contribution in [2.45, 2.75) is 17.9 Å². The van der Waals surface area contributed by atoms with Gasteiger partial charge in [-0.25, -0.2) is 4.98 Å². The number of benzene rings is 2. The van der Waals surface area contributed by atoms with Gasteiger partial charge in [0.25, 0.3) is 10.0 Å². The lowest BCUT2D eigenvalue weighted by atomic mass is 10.2. The molecule has 1 aliphatic heterocycles. The van der Waals surface area contributed by atoms with Gasteiger partial charge in [0.15, 0.2) is 0 Å². The van der Waals surface area contributed by atoms with Crippen molar-refractivity contribution in [3.05, 3.63) is 72.6 Å². The summed E-state index contributed by atoms with van der Waals surface area (Å²) in [5.41, 5.74) is 2.43. The van der Waals surface area contributed by atoms with E-state index < -0.39 is 10.0 Å². The van der Waals surface area contributed by atoms with Crippen molar-refractivity contribution in [1.82, 2.24) is 19.5 Å². The lowest BCUT2D eigenvalue weighted by molar-refractivity contribution is 0.485. The van der Waals surface area contributed by atoms with Gasteiger partial charge in [-0.1, -0.05) is 12.1 Å². The van der Waals surface area contributed by atoms with E-state index in [0.717, 1.165) is 35.1 Å². The van der Waals surface area contributed by atoms with E-state index in [0.29, 0.717) is 22.8 Å². The largest absolute Gasteiger partial charge is 0.369 e. The van der Waals surface area contributed by atoms with Gasteiger partial charge in [-0.15, -0.1) is 0 Å². The minimum absolute atomic E-state index is 0.0672. The van der Waals surface area contributed by atoms with Crippen molar-refractivity contribution in [1.29, 1.82) is 5.26 Å². The Hall–Kier alpha value is -3.94. The van der Waals surface area contributed by atoms with Gasteiger partial charge in [0.1, 0.15) is 16.8 Å². The first-order valence-electron chi connectivity index (χ1n) is 10.9. The lowest BCUT2D eigenvalue weighted by Crippen LogP contribution is -2.49. The first-order chi connectivity index (χ1) is 16.5. The molecular formula is C24H23N7O2S. The van der Waals surface area contributed by atoms with Gasteiger partial charge >= 0.3 is 0 Å². The molecule has 1 aliphatic rings. The third-order valence-electron chi connectivity index (χ3n) is 5.81. The van der Waals surface area contributed by atoms with Gasteiger partial charge in [0, 0.05) is 54.7 Å². The molecule has 1 fully saturated rings. The second kappa shape index (κ2) is 8.78. The zero-order chi connectivity index (χ0) is 23.7. The summed E-state index contributed by atoms with van der Waals surface area (Å²) >= 11 is 0. The van der Waals surface area contributed by atoms with Crippen molar-refractivity contribution < 1.29 is 8.42 Å². The van der Waals surface area contributed by atoms with Gasteiger partial charge in [0.05, 0.1) is 17.3 Å². The van der Waals surface area contributed by atoms with Gasteiger partial charge in [-0.3, -0.25) is 0 Å². The summed E-state index contributed by atoms with van der Waals surface area (Å²) in [6.45, 7) is 5.05. The maximum absolute atomic E-state index is 13.3. The highest BCUT2D eigenvalue weighted by molar-refractivity contribution is 7.90. The summed E-state index contributed by atoms with van der Waals surface area (Å²) in [5, 5.41) is 20.7. The standard InChI is InChI=1S/C24H23N7O2S/c1-17-16-30(11-10-26-17)21-8-6-20(7-9-21)29-24-12-22-19(14-27-24)15-28-31(22)34(32,33)23-5-3-2-4-18(23)13-25/h2-9,12,14-15,17,26H,10-11,16H2,1H3,(H,27,29)/t17-/m1/s1. The summed E-state index contributed by atoms with van der Waals surface area (Å²) in [6.07, 6.45) is 3.02. The van der Waals surface area contributed by atoms with E-state index in [-0.39, 0.29) is 10.5 Å². The fraction of sp³-hybridized carbons (Fsp3) is 0.208. The number of nitrogens with one attached hydrogen (secondary N) is 2. The molecule has 0 spiro atoms. The number of nitrogens with zero attached hydrogens (tertiary/aromatic N) is 5. The van der Waals surface area contributed by atoms with E-state index in [1.54, 1.807) is 24.4 Å². The molecule has 10 heteroatoms. The third-order valence-corrected chi connectivity index (χ3v) is 7.46. The number of nitriles is 1.